The Bertz CT molecular complexity index is 2520. The molecule has 2 aliphatic carbocycles. The molecule has 0 atom stereocenters. The molecule has 0 saturated heterocycles. The molecular weight excluding hydrogens is 711 g/mol. The average molecular weight is 770 g/mol. The maximum absolute atomic E-state index is 2.43. The second-order valence-corrected chi connectivity index (χ2v) is 17.7. The minimum Gasteiger partial charge on any atom is -0.310 e. The summed E-state index contributed by atoms with van der Waals surface area (Å²) in [5.74, 6) is 0. The molecule has 0 radical (unpaired) electrons. The van der Waals surface area contributed by atoms with Crippen molar-refractivity contribution >= 4 is 17.1 Å². The van der Waals surface area contributed by atoms with Gasteiger partial charge in [0.2, 0.25) is 0 Å². The van der Waals surface area contributed by atoms with Crippen LogP contribution in [0.2, 0.25) is 0 Å². The molecule has 1 nitrogen and oxygen atoms in total. The van der Waals surface area contributed by atoms with Crippen molar-refractivity contribution in [1.29, 1.82) is 0 Å². The van der Waals surface area contributed by atoms with E-state index in [1.54, 1.807) is 0 Å². The van der Waals surface area contributed by atoms with Crippen molar-refractivity contribution in [3.63, 3.8) is 0 Å². The van der Waals surface area contributed by atoms with Crippen LogP contribution in [0.25, 0.3) is 44.5 Å². The first kappa shape index (κ1) is 38.8. The smallest absolute Gasteiger partial charge is 0.0465 e. The van der Waals surface area contributed by atoms with Gasteiger partial charge in [-0.05, 0) is 134 Å². The van der Waals surface area contributed by atoms with E-state index >= 15 is 0 Å². The molecule has 0 spiro atoms. The van der Waals surface area contributed by atoms with Gasteiger partial charge in [0.15, 0.2) is 0 Å². The molecule has 59 heavy (non-hydrogen) atoms. The standard InChI is InChI=1S/C58H59N/c1-4-5-6-7-8-9-10-11-12-13-18-42-23-25-43(26-24-42)44-29-33-49(34-30-44)59(51-37-38-54-53-21-16-17-22-56(53)58(2,3)57(54)41-51)50-35-31-45(32-36-50)46-27-28-48-39-47-19-14-15-20-52(47)55(48)40-46/h14-17,19-38,40-41H,4-13,18,39H2,1-3H3. The Labute approximate surface area is 353 Å². The van der Waals surface area contributed by atoms with Crippen LogP contribution >= 0.6 is 0 Å². The van der Waals surface area contributed by atoms with Crippen LogP contribution in [-0.4, -0.2) is 0 Å². The Balaban J connectivity index is 0.949. The fourth-order valence-electron chi connectivity index (χ4n) is 9.87. The zero-order valence-corrected chi connectivity index (χ0v) is 35.4. The van der Waals surface area contributed by atoms with Crippen LogP contribution in [0.15, 0.2) is 158 Å². The van der Waals surface area contributed by atoms with Crippen molar-refractivity contribution in [3.8, 4) is 44.5 Å². The fraction of sp³-hybridized carbons (Fsp3) is 0.276. The highest BCUT2D eigenvalue weighted by Gasteiger charge is 2.35. The highest BCUT2D eigenvalue weighted by molar-refractivity contribution is 5.87. The molecule has 1 heteroatoms. The van der Waals surface area contributed by atoms with Crippen molar-refractivity contribution in [2.45, 2.75) is 103 Å². The average Bonchev–Trinajstić information content (AvgIpc) is 3.76. The third-order valence-corrected chi connectivity index (χ3v) is 13.3. The Morgan fingerprint density at radius 1 is 0.407 bits per heavy atom. The lowest BCUT2D eigenvalue weighted by Gasteiger charge is -2.28. The Morgan fingerprint density at radius 2 is 0.915 bits per heavy atom. The van der Waals surface area contributed by atoms with Gasteiger partial charge in [-0.2, -0.15) is 0 Å². The number of aryl methyl sites for hydroxylation is 1. The molecule has 0 unspecified atom stereocenters. The van der Waals surface area contributed by atoms with E-state index in [-0.39, 0.29) is 5.41 Å². The van der Waals surface area contributed by atoms with Gasteiger partial charge in [0.25, 0.3) is 0 Å². The molecule has 0 aliphatic heterocycles. The summed E-state index contributed by atoms with van der Waals surface area (Å²) in [7, 11) is 0. The Morgan fingerprint density at radius 3 is 1.59 bits per heavy atom. The molecule has 0 bridgehead atoms. The molecule has 7 aromatic rings. The van der Waals surface area contributed by atoms with E-state index in [1.807, 2.05) is 0 Å². The Hall–Kier alpha value is -5.66. The molecule has 2 aliphatic rings. The van der Waals surface area contributed by atoms with Crippen LogP contribution in [0.4, 0.5) is 17.1 Å². The lowest BCUT2D eigenvalue weighted by Crippen LogP contribution is -2.16. The lowest BCUT2D eigenvalue weighted by atomic mass is 9.82. The maximum atomic E-state index is 2.43. The molecule has 0 amide bonds. The summed E-state index contributed by atoms with van der Waals surface area (Å²) < 4.78 is 0. The topological polar surface area (TPSA) is 3.24 Å². The first-order chi connectivity index (χ1) is 29.0. The van der Waals surface area contributed by atoms with E-state index in [0.29, 0.717) is 0 Å². The molecule has 0 saturated carbocycles. The third kappa shape index (κ3) is 8.05. The van der Waals surface area contributed by atoms with E-state index in [1.165, 1.54) is 149 Å². The summed E-state index contributed by atoms with van der Waals surface area (Å²) in [6, 6.07) is 59.5. The summed E-state index contributed by atoms with van der Waals surface area (Å²) in [6.45, 7) is 7.03. The van der Waals surface area contributed by atoms with Gasteiger partial charge in [-0.1, -0.05) is 194 Å². The quantitative estimate of drug-likeness (QED) is 0.0885. The second kappa shape index (κ2) is 17.3. The van der Waals surface area contributed by atoms with E-state index in [4.69, 9.17) is 0 Å². The largest absolute Gasteiger partial charge is 0.310 e. The lowest BCUT2D eigenvalue weighted by molar-refractivity contribution is 0.556. The predicted octanol–water partition coefficient (Wildman–Crippen LogP) is 16.8. The minimum absolute atomic E-state index is 0.0762. The van der Waals surface area contributed by atoms with Gasteiger partial charge in [-0.25, -0.2) is 0 Å². The van der Waals surface area contributed by atoms with Gasteiger partial charge in [-0.3, -0.25) is 0 Å². The van der Waals surface area contributed by atoms with Crippen LogP contribution in [0.5, 0.6) is 0 Å². The first-order valence-electron chi connectivity index (χ1n) is 22.5. The van der Waals surface area contributed by atoms with Crippen LogP contribution in [0.3, 0.4) is 0 Å². The molecule has 0 heterocycles. The number of unbranched alkanes of at least 4 members (excludes halogenated alkanes) is 9. The summed E-state index contributed by atoms with van der Waals surface area (Å²) in [6.07, 6.45) is 16.0. The zero-order chi connectivity index (χ0) is 40.2. The maximum Gasteiger partial charge on any atom is 0.0465 e. The van der Waals surface area contributed by atoms with Crippen molar-refractivity contribution in [2.24, 2.45) is 0 Å². The molecule has 0 N–H and O–H groups in total. The van der Waals surface area contributed by atoms with Gasteiger partial charge >= 0.3 is 0 Å². The predicted molar refractivity (Wildman–Crippen MR) is 253 cm³/mol. The molecule has 0 aromatic heterocycles. The Kier molecular flexibility index (Phi) is 11.4. The van der Waals surface area contributed by atoms with Gasteiger partial charge in [0, 0.05) is 22.5 Å². The highest BCUT2D eigenvalue weighted by atomic mass is 15.1. The van der Waals surface area contributed by atoms with Gasteiger partial charge in [0.05, 0.1) is 0 Å². The number of anilines is 3. The van der Waals surface area contributed by atoms with Crippen LogP contribution in [0.1, 0.15) is 113 Å². The second-order valence-electron chi connectivity index (χ2n) is 17.7. The molecule has 0 fully saturated rings. The van der Waals surface area contributed by atoms with E-state index < -0.39 is 0 Å². The van der Waals surface area contributed by atoms with Crippen LogP contribution in [0, 0.1) is 0 Å². The van der Waals surface area contributed by atoms with Crippen molar-refractivity contribution in [2.75, 3.05) is 4.90 Å². The summed E-state index contributed by atoms with van der Waals surface area (Å²) in [5.41, 5.74) is 20.9. The summed E-state index contributed by atoms with van der Waals surface area (Å²) >= 11 is 0. The number of fused-ring (bicyclic) bond motifs is 6. The zero-order valence-electron chi connectivity index (χ0n) is 35.4. The number of hydrogen-bond donors (Lipinski definition) is 0. The monoisotopic (exact) mass is 769 g/mol. The number of benzene rings is 7. The van der Waals surface area contributed by atoms with E-state index in [2.05, 4.69) is 183 Å². The SMILES string of the molecule is CCCCCCCCCCCCc1ccc(-c2ccc(N(c3ccc(-c4ccc5c(c4)-c4ccccc4C5)cc3)c3ccc4c(c3)C(C)(C)c3ccccc3-4)cc2)cc1. The van der Waals surface area contributed by atoms with Crippen LogP contribution in [-0.2, 0) is 18.3 Å². The summed E-state index contributed by atoms with van der Waals surface area (Å²) in [4.78, 5) is 2.43. The third-order valence-electron chi connectivity index (χ3n) is 13.3. The summed E-state index contributed by atoms with van der Waals surface area (Å²) in [5, 5.41) is 0. The highest BCUT2D eigenvalue weighted by Crippen LogP contribution is 2.51. The van der Waals surface area contributed by atoms with Gasteiger partial charge in [-0.15, -0.1) is 0 Å². The molecule has 7 aromatic carbocycles. The molecule has 296 valence electrons. The first-order valence-corrected chi connectivity index (χ1v) is 22.5. The number of nitrogens with zero attached hydrogens (tertiary/aromatic N) is 1. The fourth-order valence-corrected chi connectivity index (χ4v) is 9.87. The minimum atomic E-state index is -0.0762. The molecular formula is C58H59N. The molecule has 9 rings (SSSR count). The number of hydrogen-bond acceptors (Lipinski definition) is 1. The van der Waals surface area contributed by atoms with E-state index in [0.717, 1.165) is 17.8 Å². The van der Waals surface area contributed by atoms with Gasteiger partial charge < -0.3 is 4.90 Å². The number of rotatable bonds is 16. The van der Waals surface area contributed by atoms with Crippen LogP contribution < -0.4 is 4.90 Å². The van der Waals surface area contributed by atoms with Crippen molar-refractivity contribution in [3.05, 3.63) is 186 Å². The van der Waals surface area contributed by atoms with E-state index in [9.17, 15) is 0 Å². The van der Waals surface area contributed by atoms with Gasteiger partial charge in [0.1, 0.15) is 0 Å². The van der Waals surface area contributed by atoms with Crippen molar-refractivity contribution in [1.82, 2.24) is 0 Å². The van der Waals surface area contributed by atoms with Crippen molar-refractivity contribution < 1.29 is 0 Å². The normalized spacial score (nSPS) is 13.1.